The maximum absolute atomic E-state index is 11.8. The molecule has 0 aromatic carbocycles. The highest BCUT2D eigenvalue weighted by molar-refractivity contribution is 9.10. The third kappa shape index (κ3) is 4.87. The lowest BCUT2D eigenvalue weighted by atomic mass is 10.2. The van der Waals surface area contributed by atoms with E-state index in [9.17, 15) is 4.79 Å². The van der Waals surface area contributed by atoms with Gasteiger partial charge < -0.3 is 4.57 Å². The minimum absolute atomic E-state index is 0.0935. The highest BCUT2D eigenvalue weighted by Gasteiger charge is 2.24. The lowest BCUT2D eigenvalue weighted by Crippen LogP contribution is -2.12. The Bertz CT molecular complexity index is 630. The second-order valence-electron chi connectivity index (χ2n) is 5.52. The van der Waals surface area contributed by atoms with Gasteiger partial charge in [0, 0.05) is 24.5 Å². The van der Waals surface area contributed by atoms with Gasteiger partial charge in [-0.1, -0.05) is 47.0 Å². The Balaban J connectivity index is 0.000000477. The first-order chi connectivity index (χ1) is 11.1. The molecule has 0 unspecified atom stereocenters. The van der Waals surface area contributed by atoms with Gasteiger partial charge in [-0.2, -0.15) is 0 Å². The standard InChI is InChI=1S/C13H14BrN3O.C3H8.C2H6/c1-8(18)11-6-9-7-15-13(14)16-12(9)17(11)10-4-2-3-5-10;1-3-2;1-2/h6-7,10H,2-5H2,1H3;3H2,1-2H3;1-2H3. The smallest absolute Gasteiger partial charge is 0.198 e. The first kappa shape index (κ1) is 19.8. The van der Waals surface area contributed by atoms with Crippen molar-refractivity contribution in [2.75, 3.05) is 0 Å². The molecule has 2 heterocycles. The molecule has 2 aromatic heterocycles. The van der Waals surface area contributed by atoms with Crippen molar-refractivity contribution in [1.82, 2.24) is 14.5 Å². The van der Waals surface area contributed by atoms with Crippen LogP contribution in [0.4, 0.5) is 0 Å². The molecule has 1 aliphatic rings. The summed E-state index contributed by atoms with van der Waals surface area (Å²) in [4.78, 5) is 20.4. The number of rotatable bonds is 2. The van der Waals surface area contributed by atoms with E-state index >= 15 is 0 Å². The van der Waals surface area contributed by atoms with E-state index in [1.165, 1.54) is 19.3 Å². The zero-order valence-corrected chi connectivity index (χ0v) is 16.5. The second-order valence-corrected chi connectivity index (χ2v) is 6.23. The summed E-state index contributed by atoms with van der Waals surface area (Å²) in [6.07, 6.45) is 7.74. The number of fused-ring (bicyclic) bond motifs is 1. The Morgan fingerprint density at radius 2 is 1.87 bits per heavy atom. The zero-order chi connectivity index (χ0) is 17.4. The number of hydrogen-bond donors (Lipinski definition) is 0. The molecule has 0 bridgehead atoms. The van der Waals surface area contributed by atoms with Crippen LogP contribution in [0, 0.1) is 0 Å². The van der Waals surface area contributed by atoms with Crippen LogP contribution in [-0.4, -0.2) is 20.3 Å². The number of ketones is 1. The maximum atomic E-state index is 11.8. The SMILES string of the molecule is CC.CC(=O)c1cc2cnc(Br)nc2n1C1CCCC1.CCC. The fourth-order valence-corrected chi connectivity index (χ4v) is 3.06. The number of hydrogen-bond acceptors (Lipinski definition) is 3. The van der Waals surface area contributed by atoms with Gasteiger partial charge in [-0.05, 0) is 34.8 Å². The molecule has 0 N–H and O–H groups in total. The van der Waals surface area contributed by atoms with Crippen LogP contribution in [0.1, 0.15) is 83.3 Å². The topological polar surface area (TPSA) is 47.8 Å². The van der Waals surface area contributed by atoms with Crippen molar-refractivity contribution in [1.29, 1.82) is 0 Å². The van der Waals surface area contributed by atoms with Gasteiger partial charge in [-0.3, -0.25) is 4.79 Å². The van der Waals surface area contributed by atoms with Crippen LogP contribution in [0.25, 0.3) is 11.0 Å². The number of nitrogens with zero attached hydrogens (tertiary/aromatic N) is 3. The van der Waals surface area contributed by atoms with Gasteiger partial charge in [0.15, 0.2) is 10.5 Å². The lowest BCUT2D eigenvalue weighted by molar-refractivity contribution is 0.100. The van der Waals surface area contributed by atoms with Crippen molar-refractivity contribution in [2.24, 2.45) is 0 Å². The molecule has 23 heavy (non-hydrogen) atoms. The third-order valence-electron chi connectivity index (χ3n) is 3.60. The minimum atomic E-state index is 0.0935. The summed E-state index contributed by atoms with van der Waals surface area (Å²) in [7, 11) is 0. The molecule has 0 spiro atoms. The molecule has 3 rings (SSSR count). The first-order valence-corrected chi connectivity index (χ1v) is 9.42. The predicted octanol–water partition coefficient (Wildman–Crippen LogP) is 5.95. The van der Waals surface area contributed by atoms with Crippen molar-refractivity contribution in [3.63, 3.8) is 0 Å². The summed E-state index contributed by atoms with van der Waals surface area (Å²) >= 11 is 3.30. The quantitative estimate of drug-likeness (QED) is 0.476. The van der Waals surface area contributed by atoms with Gasteiger partial charge in [0.2, 0.25) is 0 Å². The number of Topliss-reactive ketones (excluding diaryl/α,β-unsaturated/α-hetero) is 1. The molecule has 0 aliphatic heterocycles. The number of halogens is 1. The highest BCUT2D eigenvalue weighted by atomic mass is 79.9. The normalized spacial score (nSPS) is 14.0. The average molecular weight is 382 g/mol. The maximum Gasteiger partial charge on any atom is 0.198 e. The van der Waals surface area contributed by atoms with Crippen LogP contribution in [0.3, 0.4) is 0 Å². The molecule has 1 saturated carbocycles. The molecular weight excluding hydrogens is 354 g/mol. The van der Waals surface area contributed by atoms with Crippen LogP contribution < -0.4 is 0 Å². The Kier molecular flexibility index (Phi) is 8.45. The van der Waals surface area contributed by atoms with E-state index in [1.807, 2.05) is 19.9 Å². The number of carbonyl (C=O) groups is 1. The van der Waals surface area contributed by atoms with E-state index in [0.29, 0.717) is 10.8 Å². The van der Waals surface area contributed by atoms with E-state index in [2.05, 4.69) is 44.3 Å². The second kappa shape index (κ2) is 9.81. The summed E-state index contributed by atoms with van der Waals surface area (Å²) in [5.41, 5.74) is 1.62. The van der Waals surface area contributed by atoms with Crippen molar-refractivity contribution >= 4 is 32.7 Å². The zero-order valence-electron chi connectivity index (χ0n) is 14.9. The first-order valence-electron chi connectivity index (χ1n) is 8.62. The van der Waals surface area contributed by atoms with Crippen molar-refractivity contribution < 1.29 is 4.79 Å². The molecule has 1 aliphatic carbocycles. The molecule has 2 aromatic rings. The molecule has 128 valence electrons. The van der Waals surface area contributed by atoms with Gasteiger partial charge >= 0.3 is 0 Å². The van der Waals surface area contributed by atoms with Gasteiger partial charge in [-0.25, -0.2) is 9.97 Å². The summed E-state index contributed by atoms with van der Waals surface area (Å²) in [6.45, 7) is 9.86. The largest absolute Gasteiger partial charge is 0.320 e. The van der Waals surface area contributed by atoms with E-state index in [-0.39, 0.29) is 5.78 Å². The fourth-order valence-electron chi connectivity index (χ4n) is 2.79. The van der Waals surface area contributed by atoms with Gasteiger partial charge in [-0.15, -0.1) is 0 Å². The average Bonchev–Trinajstić information content (AvgIpc) is 3.16. The monoisotopic (exact) mass is 381 g/mol. The van der Waals surface area contributed by atoms with Crippen molar-refractivity contribution in [3.05, 3.63) is 22.7 Å². The van der Waals surface area contributed by atoms with Crippen LogP contribution in [0.5, 0.6) is 0 Å². The highest BCUT2D eigenvalue weighted by Crippen LogP contribution is 2.34. The van der Waals surface area contributed by atoms with Gasteiger partial charge in [0.25, 0.3) is 0 Å². The molecule has 0 atom stereocenters. The number of carbonyl (C=O) groups excluding carboxylic acids is 1. The van der Waals surface area contributed by atoms with E-state index in [1.54, 1.807) is 13.1 Å². The molecule has 4 nitrogen and oxygen atoms in total. The Morgan fingerprint density at radius 3 is 2.39 bits per heavy atom. The van der Waals surface area contributed by atoms with E-state index in [0.717, 1.165) is 29.6 Å². The molecule has 0 radical (unpaired) electrons. The Morgan fingerprint density at radius 1 is 1.30 bits per heavy atom. The fraction of sp³-hybridized carbons (Fsp3) is 0.611. The molecular formula is C18H28BrN3O. The van der Waals surface area contributed by atoms with Crippen molar-refractivity contribution in [3.8, 4) is 0 Å². The van der Waals surface area contributed by atoms with Crippen LogP contribution in [0.15, 0.2) is 17.0 Å². The van der Waals surface area contributed by atoms with Crippen LogP contribution >= 0.6 is 15.9 Å². The molecule has 5 heteroatoms. The summed E-state index contributed by atoms with van der Waals surface area (Å²) in [6, 6.07) is 2.31. The van der Waals surface area contributed by atoms with Gasteiger partial charge in [0.1, 0.15) is 5.65 Å². The van der Waals surface area contributed by atoms with Crippen molar-refractivity contribution in [2.45, 2.75) is 72.8 Å². The van der Waals surface area contributed by atoms with Crippen LogP contribution in [0.2, 0.25) is 0 Å². The molecule has 0 amide bonds. The van der Waals surface area contributed by atoms with Crippen LogP contribution in [-0.2, 0) is 0 Å². The number of aromatic nitrogens is 3. The summed E-state index contributed by atoms with van der Waals surface area (Å²) < 4.78 is 2.68. The summed E-state index contributed by atoms with van der Waals surface area (Å²) in [5.74, 6) is 0.0935. The van der Waals surface area contributed by atoms with E-state index in [4.69, 9.17) is 0 Å². The Hall–Kier alpha value is -1.23. The van der Waals surface area contributed by atoms with E-state index < -0.39 is 0 Å². The summed E-state index contributed by atoms with van der Waals surface area (Å²) in [5, 5.41) is 0.940. The molecule has 1 fully saturated rings. The molecule has 0 saturated heterocycles. The van der Waals surface area contributed by atoms with Gasteiger partial charge in [0.05, 0.1) is 5.69 Å². The predicted molar refractivity (Wildman–Crippen MR) is 100 cm³/mol. The Labute approximate surface area is 147 Å². The lowest BCUT2D eigenvalue weighted by Gasteiger charge is -2.15. The minimum Gasteiger partial charge on any atom is -0.320 e. The third-order valence-corrected chi connectivity index (χ3v) is 3.98.